The van der Waals surface area contributed by atoms with Crippen molar-refractivity contribution in [1.82, 2.24) is 0 Å². The molecule has 0 aliphatic heterocycles. The minimum atomic E-state index is -2.78. The van der Waals surface area contributed by atoms with Gasteiger partial charge in [-0.15, -0.1) is 0 Å². The van der Waals surface area contributed by atoms with Gasteiger partial charge in [-0.3, -0.25) is 4.57 Å². The van der Waals surface area contributed by atoms with Crippen molar-refractivity contribution in [3.63, 3.8) is 0 Å². The molecule has 2 unspecified atom stereocenters. The van der Waals surface area contributed by atoms with Gasteiger partial charge in [0.2, 0.25) is 0 Å². The monoisotopic (exact) mass is 194 g/mol. The van der Waals surface area contributed by atoms with Crippen LogP contribution in [0.1, 0.15) is 33.6 Å². The Kier molecular flexibility index (Phi) is 5.81. The maximum absolute atomic E-state index is 11.5. The third-order valence-electron chi connectivity index (χ3n) is 1.43. The van der Waals surface area contributed by atoms with Crippen molar-refractivity contribution < 1.29 is 13.6 Å². The van der Waals surface area contributed by atoms with Crippen molar-refractivity contribution in [2.24, 2.45) is 0 Å². The molecule has 2 atom stereocenters. The maximum atomic E-state index is 11.5. The van der Waals surface area contributed by atoms with E-state index >= 15 is 0 Å². The molecule has 0 aromatic rings. The predicted octanol–water partition coefficient (Wildman–Crippen LogP) is 3.05. The Morgan fingerprint density at radius 2 is 2.00 bits per heavy atom. The average molecular weight is 194 g/mol. The topological polar surface area (TPSA) is 35.5 Å². The molecule has 0 radical (unpaired) electrons. The number of hydrogen-bond donors (Lipinski definition) is 0. The van der Waals surface area contributed by atoms with Crippen LogP contribution in [0.3, 0.4) is 0 Å². The molecule has 3 nitrogen and oxygen atoms in total. The second-order valence-electron chi connectivity index (χ2n) is 2.89. The Balaban J connectivity index is 3.79. The molecule has 0 heterocycles. The van der Waals surface area contributed by atoms with E-state index in [-0.39, 0.29) is 6.10 Å². The summed E-state index contributed by atoms with van der Waals surface area (Å²) in [6, 6.07) is 0. The molecule has 0 N–H and O–H groups in total. The highest BCUT2D eigenvalue weighted by Gasteiger charge is 2.18. The van der Waals surface area contributed by atoms with Crippen molar-refractivity contribution in [1.29, 1.82) is 0 Å². The van der Waals surface area contributed by atoms with Gasteiger partial charge in [0.15, 0.2) is 0 Å². The molecule has 0 saturated heterocycles. The lowest BCUT2D eigenvalue weighted by Gasteiger charge is -2.17. The van der Waals surface area contributed by atoms with Crippen LogP contribution in [0.15, 0.2) is 0 Å². The number of hydrogen-bond acceptors (Lipinski definition) is 3. The van der Waals surface area contributed by atoms with Crippen LogP contribution in [-0.2, 0) is 13.6 Å². The minimum Gasteiger partial charge on any atom is -0.309 e. The van der Waals surface area contributed by atoms with E-state index in [2.05, 4.69) is 6.92 Å². The van der Waals surface area contributed by atoms with E-state index in [9.17, 15) is 4.57 Å². The van der Waals surface area contributed by atoms with Gasteiger partial charge in [0.25, 0.3) is 0 Å². The first kappa shape index (κ1) is 12.2. The van der Waals surface area contributed by atoms with Gasteiger partial charge in [0.05, 0.1) is 12.7 Å². The highest BCUT2D eigenvalue weighted by molar-refractivity contribution is 7.52. The molecule has 0 saturated carbocycles. The lowest BCUT2D eigenvalue weighted by Crippen LogP contribution is -2.06. The Hall–Kier alpha value is 0.150. The summed E-state index contributed by atoms with van der Waals surface area (Å²) in [6.07, 6.45) is 1.98. The fraction of sp³-hybridized carbons (Fsp3) is 1.00. The fourth-order valence-electron chi connectivity index (χ4n) is 1.05. The van der Waals surface area contributed by atoms with Crippen LogP contribution in [0.4, 0.5) is 0 Å². The van der Waals surface area contributed by atoms with E-state index in [0.717, 1.165) is 12.8 Å². The summed E-state index contributed by atoms with van der Waals surface area (Å²) in [6.45, 7) is 7.75. The van der Waals surface area contributed by atoms with Crippen LogP contribution in [-0.4, -0.2) is 19.4 Å². The van der Waals surface area contributed by atoms with Crippen molar-refractivity contribution in [3.8, 4) is 0 Å². The third-order valence-corrected chi connectivity index (χ3v) is 2.90. The smallest absolute Gasteiger partial charge is 0.309 e. The molecule has 74 valence electrons. The zero-order valence-corrected chi connectivity index (χ0v) is 9.27. The van der Waals surface area contributed by atoms with Crippen LogP contribution in [0.2, 0.25) is 0 Å². The van der Waals surface area contributed by atoms with Crippen LogP contribution in [0.25, 0.3) is 0 Å². The Morgan fingerprint density at radius 1 is 1.42 bits per heavy atom. The largest absolute Gasteiger partial charge is 0.327 e. The van der Waals surface area contributed by atoms with Crippen LogP contribution >= 0.6 is 7.60 Å². The Morgan fingerprint density at radius 3 is 2.42 bits per heavy atom. The van der Waals surface area contributed by atoms with Gasteiger partial charge in [-0.1, -0.05) is 13.3 Å². The van der Waals surface area contributed by atoms with Crippen LogP contribution in [0.5, 0.6) is 0 Å². The van der Waals surface area contributed by atoms with E-state index in [0.29, 0.717) is 6.61 Å². The average Bonchev–Trinajstić information content (AvgIpc) is 1.85. The summed E-state index contributed by atoms with van der Waals surface area (Å²) < 4.78 is 21.7. The zero-order valence-electron chi connectivity index (χ0n) is 8.37. The van der Waals surface area contributed by atoms with Gasteiger partial charge in [-0.05, 0) is 20.3 Å². The lowest BCUT2D eigenvalue weighted by molar-refractivity contribution is 0.158. The second-order valence-corrected chi connectivity index (χ2v) is 4.91. The molecule has 4 heteroatoms. The molecule has 0 aromatic heterocycles. The fourth-order valence-corrected chi connectivity index (χ4v) is 2.34. The molecule has 0 aromatic carbocycles. The quantitative estimate of drug-likeness (QED) is 0.609. The molecule has 0 fully saturated rings. The van der Waals surface area contributed by atoms with Gasteiger partial charge in [0, 0.05) is 6.66 Å². The van der Waals surface area contributed by atoms with Gasteiger partial charge >= 0.3 is 7.60 Å². The Bertz CT molecular complexity index is 158. The standard InChI is InChI=1S/C8H19O3P/c1-5-7-8(3)11-12(4,9)10-6-2/h8H,5-7H2,1-4H3. The molecule has 0 aliphatic carbocycles. The maximum Gasteiger partial charge on any atom is 0.327 e. The molecule has 12 heavy (non-hydrogen) atoms. The molecule has 0 spiro atoms. The summed E-state index contributed by atoms with van der Waals surface area (Å²) in [5.74, 6) is 0. The third kappa shape index (κ3) is 5.76. The zero-order chi connectivity index (χ0) is 9.61. The van der Waals surface area contributed by atoms with E-state index in [4.69, 9.17) is 9.05 Å². The normalized spacial score (nSPS) is 18.7. The molecule has 0 aliphatic rings. The summed E-state index contributed by atoms with van der Waals surface area (Å²) in [7, 11) is -2.78. The van der Waals surface area contributed by atoms with Gasteiger partial charge < -0.3 is 9.05 Å². The molecule has 0 rings (SSSR count). The first-order chi connectivity index (χ1) is 5.52. The van der Waals surface area contributed by atoms with E-state index in [1.54, 1.807) is 0 Å². The first-order valence-corrected chi connectivity index (χ1v) is 6.41. The molecule has 0 bridgehead atoms. The highest BCUT2D eigenvalue weighted by atomic mass is 31.2. The van der Waals surface area contributed by atoms with Gasteiger partial charge in [0.1, 0.15) is 0 Å². The van der Waals surface area contributed by atoms with E-state index in [1.807, 2.05) is 13.8 Å². The van der Waals surface area contributed by atoms with Gasteiger partial charge in [-0.2, -0.15) is 0 Å². The van der Waals surface area contributed by atoms with Crippen molar-refractivity contribution in [2.75, 3.05) is 13.3 Å². The minimum absolute atomic E-state index is 0.0254. The molecular formula is C8H19O3P. The summed E-state index contributed by atoms with van der Waals surface area (Å²) in [4.78, 5) is 0. The van der Waals surface area contributed by atoms with Crippen molar-refractivity contribution >= 4 is 7.60 Å². The van der Waals surface area contributed by atoms with Crippen molar-refractivity contribution in [3.05, 3.63) is 0 Å². The van der Waals surface area contributed by atoms with Crippen LogP contribution < -0.4 is 0 Å². The summed E-state index contributed by atoms with van der Waals surface area (Å²) in [5.41, 5.74) is 0. The second kappa shape index (κ2) is 5.74. The van der Waals surface area contributed by atoms with Crippen LogP contribution in [0, 0.1) is 0 Å². The van der Waals surface area contributed by atoms with E-state index < -0.39 is 7.60 Å². The molecule has 0 amide bonds. The lowest BCUT2D eigenvalue weighted by atomic mass is 10.2. The van der Waals surface area contributed by atoms with Gasteiger partial charge in [-0.25, -0.2) is 0 Å². The van der Waals surface area contributed by atoms with E-state index in [1.165, 1.54) is 6.66 Å². The summed E-state index contributed by atoms with van der Waals surface area (Å²) in [5, 5.41) is 0. The summed E-state index contributed by atoms with van der Waals surface area (Å²) >= 11 is 0. The molecular weight excluding hydrogens is 175 g/mol. The number of rotatable bonds is 6. The Labute approximate surface area is 75.0 Å². The van der Waals surface area contributed by atoms with Crippen molar-refractivity contribution in [2.45, 2.75) is 39.7 Å². The highest BCUT2D eigenvalue weighted by Crippen LogP contribution is 2.45. The SMILES string of the molecule is CCCC(C)OP(C)(=O)OCC. The predicted molar refractivity (Wildman–Crippen MR) is 50.6 cm³/mol. The first-order valence-electron chi connectivity index (χ1n) is 4.42.